The van der Waals surface area contributed by atoms with E-state index in [0.29, 0.717) is 34.7 Å². The van der Waals surface area contributed by atoms with Gasteiger partial charge in [-0.15, -0.1) is 0 Å². The van der Waals surface area contributed by atoms with Gasteiger partial charge in [0.1, 0.15) is 5.72 Å². The lowest BCUT2D eigenvalue weighted by atomic mass is 9.47. The largest absolute Gasteiger partial charge is 0.393 e. The molecule has 6 rings (SSSR count). The molecule has 6 aliphatic rings. The van der Waals surface area contributed by atoms with E-state index in [1.807, 2.05) is 0 Å². The number of fused-ring (bicyclic) bond motifs is 7. The van der Waals surface area contributed by atoms with Crippen molar-refractivity contribution < 1.29 is 14.6 Å². The number of ether oxygens (including phenoxy) is 1. The molecule has 0 aromatic carbocycles. The molecule has 4 heteroatoms. The maximum atomic E-state index is 12.7. The van der Waals surface area contributed by atoms with E-state index in [1.165, 1.54) is 25.7 Å². The number of aliphatic hydroxyl groups excluding tert-OH is 1. The van der Waals surface area contributed by atoms with Gasteiger partial charge < -0.3 is 14.7 Å². The third-order valence-corrected chi connectivity index (χ3v) is 12.1. The Labute approximate surface area is 200 Å². The first-order chi connectivity index (χ1) is 15.6. The van der Waals surface area contributed by atoms with E-state index in [1.54, 1.807) is 12.5 Å². The van der Waals surface area contributed by atoms with Crippen LogP contribution in [0.5, 0.6) is 0 Å². The van der Waals surface area contributed by atoms with Gasteiger partial charge in [0, 0.05) is 19.4 Å². The molecule has 0 aromatic heterocycles. The highest BCUT2D eigenvalue weighted by atomic mass is 16.5. The fraction of sp³-hybridized carbons (Fsp3) is 0.897. The summed E-state index contributed by atoms with van der Waals surface area (Å²) in [5, 5.41) is 10.3. The van der Waals surface area contributed by atoms with Crippen molar-refractivity contribution in [2.45, 2.75) is 110 Å². The summed E-state index contributed by atoms with van der Waals surface area (Å²) >= 11 is 0. The Hall–Kier alpha value is -0.870. The van der Waals surface area contributed by atoms with Crippen molar-refractivity contribution in [2.24, 2.45) is 46.3 Å². The molecule has 0 radical (unpaired) electrons. The van der Waals surface area contributed by atoms with Gasteiger partial charge in [0.25, 0.3) is 0 Å². The first-order valence-electron chi connectivity index (χ1n) is 13.9. The summed E-state index contributed by atoms with van der Waals surface area (Å²) in [6, 6.07) is 0. The van der Waals surface area contributed by atoms with Crippen LogP contribution in [0.2, 0.25) is 0 Å². The number of nitrogens with zero attached hydrogens (tertiary/aromatic N) is 1. The molecule has 2 saturated heterocycles. The Morgan fingerprint density at radius 2 is 1.91 bits per heavy atom. The van der Waals surface area contributed by atoms with E-state index in [-0.39, 0.29) is 17.7 Å². The highest BCUT2D eigenvalue weighted by molar-refractivity contribution is 5.74. The first kappa shape index (κ1) is 22.6. The Morgan fingerprint density at radius 1 is 1.12 bits per heavy atom. The third-order valence-electron chi connectivity index (χ3n) is 12.1. The fourth-order valence-electron chi connectivity index (χ4n) is 10.5. The molecule has 2 heterocycles. The summed E-state index contributed by atoms with van der Waals surface area (Å²) < 4.78 is 7.09. The topological polar surface area (TPSA) is 49.8 Å². The minimum Gasteiger partial charge on any atom is -0.393 e. The molecule has 5 fully saturated rings. The quantitative estimate of drug-likeness (QED) is 0.488. The van der Waals surface area contributed by atoms with Gasteiger partial charge in [-0.2, -0.15) is 0 Å². The minimum absolute atomic E-state index is 0.131. The number of rotatable bonds is 0. The van der Waals surface area contributed by atoms with Crippen LogP contribution >= 0.6 is 0 Å². The standard InChI is InChI=1S/C29H45NO3/c1-17-8-13-29(30(16-17)19(3)31)18(2)26-25(33-29)15-24-22-7-6-20-14-21(32)9-11-27(20,4)23(22)10-12-28(24,26)5/h6,17-18,21-26,32H,7-16H2,1-5H3/t17-,18+,21-,22-,23+,24+,25+,26+,27-,28-,29+/m0/s1. The Balaban J connectivity index is 1.30. The third kappa shape index (κ3) is 2.92. The maximum Gasteiger partial charge on any atom is 0.221 e. The molecule has 1 amide bonds. The molecule has 3 saturated carbocycles. The molecule has 0 aromatic rings. The van der Waals surface area contributed by atoms with Crippen molar-refractivity contribution in [3.05, 3.63) is 11.6 Å². The second kappa shape index (κ2) is 7.32. The molecule has 4 nitrogen and oxygen atoms in total. The maximum absolute atomic E-state index is 12.7. The average molecular weight is 456 g/mol. The molecular formula is C29H45NO3. The van der Waals surface area contributed by atoms with Crippen LogP contribution in [0.3, 0.4) is 0 Å². The lowest BCUT2D eigenvalue weighted by molar-refractivity contribution is -0.200. The van der Waals surface area contributed by atoms with Crippen LogP contribution in [0.25, 0.3) is 0 Å². The number of carbonyl (C=O) groups is 1. The Kier molecular flexibility index (Phi) is 5.01. The zero-order valence-electron chi connectivity index (χ0n) is 21.5. The van der Waals surface area contributed by atoms with E-state index in [9.17, 15) is 9.90 Å². The number of carbonyl (C=O) groups excluding carboxylic acids is 1. The van der Waals surface area contributed by atoms with E-state index in [2.05, 4.69) is 38.7 Å². The van der Waals surface area contributed by atoms with Crippen LogP contribution in [0, 0.1) is 46.3 Å². The molecule has 0 unspecified atom stereocenters. The number of likely N-dealkylation sites (tertiary alicyclic amines) is 1. The molecular weight excluding hydrogens is 410 g/mol. The molecule has 1 spiro atoms. The van der Waals surface area contributed by atoms with Gasteiger partial charge in [-0.25, -0.2) is 0 Å². The first-order valence-corrected chi connectivity index (χ1v) is 13.9. The summed E-state index contributed by atoms with van der Waals surface area (Å²) in [4.78, 5) is 14.9. The summed E-state index contributed by atoms with van der Waals surface area (Å²) in [5.41, 5.74) is 1.79. The normalized spacial score (nSPS) is 55.5. The monoisotopic (exact) mass is 455 g/mol. The van der Waals surface area contributed by atoms with Crippen LogP contribution in [-0.4, -0.2) is 40.4 Å². The highest BCUT2D eigenvalue weighted by Gasteiger charge is 2.69. The highest BCUT2D eigenvalue weighted by Crippen LogP contribution is 2.70. The van der Waals surface area contributed by atoms with Gasteiger partial charge >= 0.3 is 0 Å². The molecule has 4 aliphatic carbocycles. The van der Waals surface area contributed by atoms with Crippen LogP contribution in [0.15, 0.2) is 11.6 Å². The number of amides is 1. The summed E-state index contributed by atoms with van der Waals surface area (Å²) in [7, 11) is 0. The Bertz CT molecular complexity index is 869. The number of hydrogen-bond acceptors (Lipinski definition) is 3. The number of piperidine rings is 1. The van der Waals surface area contributed by atoms with E-state index in [0.717, 1.165) is 56.4 Å². The van der Waals surface area contributed by atoms with Gasteiger partial charge in [0.05, 0.1) is 12.2 Å². The fourth-order valence-corrected chi connectivity index (χ4v) is 10.5. The molecule has 2 aliphatic heterocycles. The molecule has 1 N–H and O–H groups in total. The lowest BCUT2D eigenvalue weighted by Gasteiger charge is -2.59. The second-order valence-electron chi connectivity index (χ2n) is 13.5. The van der Waals surface area contributed by atoms with Crippen molar-refractivity contribution in [3.8, 4) is 0 Å². The number of allylic oxidation sites excluding steroid dienone is 1. The van der Waals surface area contributed by atoms with Gasteiger partial charge in [-0.05, 0) is 98.2 Å². The zero-order valence-corrected chi connectivity index (χ0v) is 21.5. The van der Waals surface area contributed by atoms with E-state index >= 15 is 0 Å². The van der Waals surface area contributed by atoms with Crippen molar-refractivity contribution in [1.29, 1.82) is 0 Å². The van der Waals surface area contributed by atoms with Crippen molar-refractivity contribution in [2.75, 3.05) is 6.54 Å². The van der Waals surface area contributed by atoms with Gasteiger partial charge in [0.15, 0.2) is 0 Å². The molecule has 184 valence electrons. The van der Waals surface area contributed by atoms with Crippen molar-refractivity contribution in [1.82, 2.24) is 4.90 Å². The predicted molar refractivity (Wildman–Crippen MR) is 129 cm³/mol. The Morgan fingerprint density at radius 3 is 2.67 bits per heavy atom. The SMILES string of the molecule is CC(=O)N1C[C@@H](C)CC[C@]12O[C@@H]1C[C@@H]3[C@H]4CC=C5C[C@@H](O)CC[C@]5(C)[C@@H]4CC[C@]3(C)[C@@H]1[C@H]2C. The zero-order chi connectivity index (χ0) is 23.3. The summed E-state index contributed by atoms with van der Waals surface area (Å²) in [5.74, 6) is 3.95. The van der Waals surface area contributed by atoms with Gasteiger partial charge in [0.2, 0.25) is 5.91 Å². The predicted octanol–water partition coefficient (Wildman–Crippen LogP) is 5.55. The van der Waals surface area contributed by atoms with Gasteiger partial charge in [-0.3, -0.25) is 4.79 Å². The molecule has 11 atom stereocenters. The van der Waals surface area contributed by atoms with E-state index < -0.39 is 0 Å². The summed E-state index contributed by atoms with van der Waals surface area (Å²) in [6.45, 7) is 12.4. The summed E-state index contributed by atoms with van der Waals surface area (Å²) in [6.07, 6.45) is 12.9. The van der Waals surface area contributed by atoms with E-state index in [4.69, 9.17) is 4.74 Å². The van der Waals surface area contributed by atoms with Crippen molar-refractivity contribution in [3.63, 3.8) is 0 Å². The molecule has 33 heavy (non-hydrogen) atoms. The minimum atomic E-state index is -0.371. The number of hydrogen-bond donors (Lipinski definition) is 1. The van der Waals surface area contributed by atoms with Crippen LogP contribution < -0.4 is 0 Å². The second-order valence-corrected chi connectivity index (χ2v) is 13.5. The van der Waals surface area contributed by atoms with Gasteiger partial charge in [-0.1, -0.05) is 39.3 Å². The van der Waals surface area contributed by atoms with Crippen LogP contribution in [-0.2, 0) is 9.53 Å². The van der Waals surface area contributed by atoms with Crippen LogP contribution in [0.1, 0.15) is 92.4 Å². The van der Waals surface area contributed by atoms with Crippen LogP contribution in [0.4, 0.5) is 0 Å². The van der Waals surface area contributed by atoms with Crippen molar-refractivity contribution >= 4 is 5.91 Å². The molecule has 0 bridgehead atoms. The lowest BCUT2D eigenvalue weighted by Crippen LogP contribution is -2.60. The smallest absolute Gasteiger partial charge is 0.221 e. The number of aliphatic hydroxyl groups is 1. The average Bonchev–Trinajstić information content (AvgIpc) is 3.21.